The number of carbonyl (C=O) groups is 1. The predicted octanol–water partition coefficient (Wildman–Crippen LogP) is 1.28. The van der Waals surface area contributed by atoms with Crippen LogP contribution in [0.5, 0.6) is 0 Å². The summed E-state index contributed by atoms with van der Waals surface area (Å²) in [6, 6.07) is 5.52. The minimum absolute atomic E-state index is 0.0843. The quantitative estimate of drug-likeness (QED) is 0.690. The molecule has 1 atom stereocenters. The number of hydrogen-bond donors (Lipinski definition) is 0. The van der Waals surface area contributed by atoms with Gasteiger partial charge in [-0.1, -0.05) is 12.1 Å². The number of aromatic nitrogens is 6. The second-order valence-corrected chi connectivity index (χ2v) is 6.52. The van der Waals surface area contributed by atoms with Crippen molar-refractivity contribution in [2.75, 3.05) is 6.54 Å². The number of fused-ring (bicyclic) bond motifs is 1. The average Bonchev–Trinajstić information content (AvgIpc) is 3.12. The molecule has 27 heavy (non-hydrogen) atoms. The van der Waals surface area contributed by atoms with Gasteiger partial charge in [0.15, 0.2) is 0 Å². The van der Waals surface area contributed by atoms with Crippen LogP contribution in [0.1, 0.15) is 28.7 Å². The van der Waals surface area contributed by atoms with E-state index in [1.165, 1.54) is 23.1 Å². The second-order valence-electron chi connectivity index (χ2n) is 6.52. The van der Waals surface area contributed by atoms with Crippen molar-refractivity contribution < 1.29 is 9.18 Å². The summed E-state index contributed by atoms with van der Waals surface area (Å²) in [5.41, 5.74) is 2.76. The third-order valence-electron chi connectivity index (χ3n) is 4.76. The zero-order chi connectivity index (χ0) is 18.8. The van der Waals surface area contributed by atoms with Crippen molar-refractivity contribution in [3.05, 3.63) is 65.3 Å². The van der Waals surface area contributed by atoms with E-state index in [9.17, 15) is 9.18 Å². The molecule has 0 bridgehead atoms. The van der Waals surface area contributed by atoms with Crippen LogP contribution in [0.15, 0.2) is 36.8 Å². The molecule has 138 valence electrons. The second kappa shape index (κ2) is 7.18. The van der Waals surface area contributed by atoms with E-state index in [1.807, 2.05) is 0 Å². The number of rotatable bonds is 4. The summed E-state index contributed by atoms with van der Waals surface area (Å²) in [5.74, 6) is 0.154. The molecule has 1 amide bonds. The minimum atomic E-state index is -0.603. The molecule has 1 aliphatic heterocycles. The van der Waals surface area contributed by atoms with E-state index in [0.29, 0.717) is 31.8 Å². The fourth-order valence-corrected chi connectivity index (χ4v) is 3.30. The van der Waals surface area contributed by atoms with Crippen LogP contribution < -0.4 is 0 Å². The Morgan fingerprint density at radius 2 is 2.11 bits per heavy atom. The van der Waals surface area contributed by atoms with E-state index < -0.39 is 6.04 Å². The van der Waals surface area contributed by atoms with E-state index in [-0.39, 0.29) is 11.7 Å². The van der Waals surface area contributed by atoms with E-state index in [2.05, 4.69) is 25.5 Å². The SMILES string of the molecule is Cc1nnnn1C(Cc1ccc(F)cc1)C(=O)N1CCc2cncnc2C1. The highest BCUT2D eigenvalue weighted by atomic mass is 19.1. The lowest BCUT2D eigenvalue weighted by molar-refractivity contribution is -0.136. The van der Waals surface area contributed by atoms with Gasteiger partial charge in [0, 0.05) is 19.2 Å². The molecule has 3 aromatic rings. The molecule has 0 spiro atoms. The zero-order valence-electron chi connectivity index (χ0n) is 14.8. The van der Waals surface area contributed by atoms with Crippen LogP contribution >= 0.6 is 0 Å². The van der Waals surface area contributed by atoms with E-state index in [1.54, 1.807) is 30.2 Å². The van der Waals surface area contributed by atoms with Gasteiger partial charge in [-0.25, -0.2) is 19.0 Å². The van der Waals surface area contributed by atoms with Crippen molar-refractivity contribution in [1.82, 2.24) is 35.1 Å². The number of nitrogens with zero attached hydrogens (tertiary/aromatic N) is 7. The number of tetrazole rings is 1. The maximum Gasteiger partial charge on any atom is 0.248 e. The standard InChI is InChI=1S/C18H18FN7O/c1-12-22-23-24-26(12)17(8-13-2-4-15(19)5-3-13)18(27)25-7-6-14-9-20-11-21-16(14)10-25/h2-5,9,11,17H,6-8,10H2,1H3. The summed E-state index contributed by atoms with van der Waals surface area (Å²) < 4.78 is 14.8. The number of halogens is 1. The molecule has 0 aliphatic carbocycles. The molecule has 0 saturated heterocycles. The molecule has 0 radical (unpaired) electrons. The highest BCUT2D eigenvalue weighted by Gasteiger charge is 2.31. The molecule has 4 rings (SSSR count). The van der Waals surface area contributed by atoms with Gasteiger partial charge in [0.1, 0.15) is 24.0 Å². The fourth-order valence-electron chi connectivity index (χ4n) is 3.30. The molecule has 8 nitrogen and oxygen atoms in total. The highest BCUT2D eigenvalue weighted by molar-refractivity contribution is 5.81. The molecule has 2 aromatic heterocycles. The molecule has 0 fully saturated rings. The van der Waals surface area contributed by atoms with Gasteiger partial charge in [-0.05, 0) is 47.0 Å². The Bertz CT molecular complexity index is 956. The first-order valence-corrected chi connectivity index (χ1v) is 8.67. The Morgan fingerprint density at radius 1 is 1.30 bits per heavy atom. The Morgan fingerprint density at radius 3 is 2.85 bits per heavy atom. The normalized spacial score (nSPS) is 14.7. The first kappa shape index (κ1) is 17.2. The van der Waals surface area contributed by atoms with Gasteiger partial charge in [-0.2, -0.15) is 0 Å². The summed E-state index contributed by atoms with van der Waals surface area (Å²) in [5, 5.41) is 11.6. The summed E-state index contributed by atoms with van der Waals surface area (Å²) >= 11 is 0. The smallest absolute Gasteiger partial charge is 0.248 e. The van der Waals surface area contributed by atoms with Gasteiger partial charge >= 0.3 is 0 Å². The Balaban J connectivity index is 1.61. The third-order valence-corrected chi connectivity index (χ3v) is 4.76. The average molecular weight is 367 g/mol. The van der Waals surface area contributed by atoms with Gasteiger partial charge < -0.3 is 4.90 Å². The third kappa shape index (κ3) is 3.53. The number of carbonyl (C=O) groups excluding carboxylic acids is 1. The molecular weight excluding hydrogens is 349 g/mol. The van der Waals surface area contributed by atoms with Crippen molar-refractivity contribution in [3.8, 4) is 0 Å². The van der Waals surface area contributed by atoms with Crippen molar-refractivity contribution in [2.24, 2.45) is 0 Å². The summed E-state index contributed by atoms with van der Waals surface area (Å²) in [7, 11) is 0. The molecule has 9 heteroatoms. The van der Waals surface area contributed by atoms with Gasteiger partial charge in [0.2, 0.25) is 5.91 Å². The first-order chi connectivity index (χ1) is 13.1. The van der Waals surface area contributed by atoms with E-state index in [0.717, 1.165) is 16.8 Å². The Labute approximate surface area is 155 Å². The van der Waals surface area contributed by atoms with Crippen molar-refractivity contribution in [2.45, 2.75) is 32.4 Å². The molecule has 1 unspecified atom stereocenters. The summed E-state index contributed by atoms with van der Waals surface area (Å²) in [6.45, 7) is 2.77. The molecule has 0 saturated carbocycles. The van der Waals surface area contributed by atoms with Crippen LogP contribution in [-0.2, 0) is 24.2 Å². The van der Waals surface area contributed by atoms with Crippen LogP contribution in [0, 0.1) is 12.7 Å². The Kier molecular flexibility index (Phi) is 4.57. The fraction of sp³-hybridized carbons (Fsp3) is 0.333. The van der Waals surface area contributed by atoms with E-state index >= 15 is 0 Å². The van der Waals surface area contributed by atoms with Gasteiger partial charge in [0.25, 0.3) is 0 Å². The predicted molar refractivity (Wildman–Crippen MR) is 92.8 cm³/mol. The van der Waals surface area contributed by atoms with E-state index in [4.69, 9.17) is 0 Å². The van der Waals surface area contributed by atoms with Crippen LogP contribution in [0.4, 0.5) is 4.39 Å². The largest absolute Gasteiger partial charge is 0.335 e. The topological polar surface area (TPSA) is 89.7 Å². The lowest BCUT2D eigenvalue weighted by Crippen LogP contribution is -2.42. The monoisotopic (exact) mass is 367 g/mol. The van der Waals surface area contributed by atoms with Crippen LogP contribution in [0.2, 0.25) is 0 Å². The van der Waals surface area contributed by atoms with Crippen molar-refractivity contribution >= 4 is 5.91 Å². The lowest BCUT2D eigenvalue weighted by Gasteiger charge is -2.31. The van der Waals surface area contributed by atoms with Crippen LogP contribution in [0.3, 0.4) is 0 Å². The maximum absolute atomic E-state index is 13.3. The molecule has 1 aliphatic rings. The summed E-state index contributed by atoms with van der Waals surface area (Å²) in [6.07, 6.45) is 4.37. The molecule has 1 aromatic carbocycles. The van der Waals surface area contributed by atoms with Crippen molar-refractivity contribution in [3.63, 3.8) is 0 Å². The Hall–Kier alpha value is -3.23. The van der Waals surface area contributed by atoms with Crippen molar-refractivity contribution in [1.29, 1.82) is 0 Å². The number of benzene rings is 1. The summed E-state index contributed by atoms with van der Waals surface area (Å²) in [4.78, 5) is 23.4. The van der Waals surface area contributed by atoms with Crippen LogP contribution in [-0.4, -0.2) is 47.5 Å². The number of hydrogen-bond acceptors (Lipinski definition) is 6. The van der Waals surface area contributed by atoms with Gasteiger partial charge in [-0.15, -0.1) is 5.10 Å². The highest BCUT2D eigenvalue weighted by Crippen LogP contribution is 2.22. The first-order valence-electron chi connectivity index (χ1n) is 8.67. The van der Waals surface area contributed by atoms with Crippen LogP contribution in [0.25, 0.3) is 0 Å². The molecule has 3 heterocycles. The van der Waals surface area contributed by atoms with Gasteiger partial charge in [-0.3, -0.25) is 4.79 Å². The zero-order valence-corrected chi connectivity index (χ0v) is 14.8. The molecule has 0 N–H and O–H groups in total. The minimum Gasteiger partial charge on any atom is -0.335 e. The maximum atomic E-state index is 13.3. The molecular formula is C18H18FN7O. The van der Waals surface area contributed by atoms with Gasteiger partial charge in [0.05, 0.1) is 12.2 Å². The lowest BCUT2D eigenvalue weighted by atomic mass is 10.0. The number of amides is 1. The number of aryl methyl sites for hydroxylation is 1.